The van der Waals surface area contributed by atoms with Crippen LogP contribution in [0.15, 0.2) is 11.9 Å². The number of carboxylic acid groups (broad SMARTS) is 1. The molecule has 0 aliphatic heterocycles. The van der Waals surface area contributed by atoms with Crippen molar-refractivity contribution in [1.82, 2.24) is 0 Å². The van der Waals surface area contributed by atoms with Gasteiger partial charge in [-0.2, -0.15) is 4.39 Å². The summed E-state index contributed by atoms with van der Waals surface area (Å²) in [4.78, 5) is 10.1. The van der Waals surface area contributed by atoms with Gasteiger partial charge in [0.2, 0.25) is 5.83 Å². The van der Waals surface area contributed by atoms with Gasteiger partial charge in [-0.25, -0.2) is 4.79 Å². The van der Waals surface area contributed by atoms with Crippen molar-refractivity contribution in [3.63, 3.8) is 0 Å². The molecule has 0 bridgehead atoms. The van der Waals surface area contributed by atoms with Crippen molar-refractivity contribution in [1.29, 1.82) is 0 Å². The second-order valence-electron chi connectivity index (χ2n) is 3.41. The molecule has 14 heavy (non-hydrogen) atoms. The van der Waals surface area contributed by atoms with E-state index in [0.717, 1.165) is 25.3 Å². The van der Waals surface area contributed by atoms with Crippen LogP contribution in [-0.2, 0) is 4.79 Å². The average molecular weight is 202 g/mol. The molecule has 0 aliphatic rings. The summed E-state index contributed by atoms with van der Waals surface area (Å²) in [6.07, 6.45) is 8.48. The van der Waals surface area contributed by atoms with Crippen LogP contribution < -0.4 is 0 Å². The second-order valence-corrected chi connectivity index (χ2v) is 3.41. The van der Waals surface area contributed by atoms with E-state index in [2.05, 4.69) is 6.92 Å². The number of carboxylic acids is 1. The van der Waals surface area contributed by atoms with Crippen molar-refractivity contribution >= 4 is 5.97 Å². The fourth-order valence-corrected chi connectivity index (χ4v) is 1.24. The number of carbonyl (C=O) groups is 1. The van der Waals surface area contributed by atoms with Crippen molar-refractivity contribution in [2.75, 3.05) is 0 Å². The Morgan fingerprint density at radius 3 is 2.36 bits per heavy atom. The Labute approximate surface area is 84.8 Å². The van der Waals surface area contributed by atoms with Gasteiger partial charge in [0.05, 0.1) is 0 Å². The molecule has 2 nitrogen and oxygen atoms in total. The summed E-state index contributed by atoms with van der Waals surface area (Å²) in [5.41, 5.74) is 0. The molecule has 0 amide bonds. The average Bonchev–Trinajstić information content (AvgIpc) is 2.16. The molecule has 0 rings (SSSR count). The first kappa shape index (κ1) is 13.1. The number of aliphatic carboxylic acids is 1. The van der Waals surface area contributed by atoms with Crippen LogP contribution in [0.1, 0.15) is 51.9 Å². The molecule has 0 radical (unpaired) electrons. The largest absolute Gasteiger partial charge is 0.476 e. The molecule has 82 valence electrons. The van der Waals surface area contributed by atoms with Gasteiger partial charge in [-0.05, 0) is 18.9 Å². The maximum absolute atomic E-state index is 12.4. The molecule has 0 aromatic heterocycles. The van der Waals surface area contributed by atoms with E-state index in [0.29, 0.717) is 6.42 Å². The number of rotatable bonds is 8. The summed E-state index contributed by atoms with van der Waals surface area (Å²) in [7, 11) is 0. The SMILES string of the molecule is CCCCCCCC/C=C(\F)C(=O)O. The Hall–Kier alpha value is -0.860. The van der Waals surface area contributed by atoms with Gasteiger partial charge in [0.15, 0.2) is 0 Å². The minimum atomic E-state index is -1.46. The first-order valence-electron chi connectivity index (χ1n) is 5.27. The van der Waals surface area contributed by atoms with Crippen LogP contribution in [0.5, 0.6) is 0 Å². The summed E-state index contributed by atoms with van der Waals surface area (Å²) in [6.45, 7) is 2.16. The van der Waals surface area contributed by atoms with Gasteiger partial charge in [-0.3, -0.25) is 0 Å². The number of hydrogen-bond donors (Lipinski definition) is 1. The number of unbranched alkanes of at least 4 members (excludes halogenated alkanes) is 6. The van der Waals surface area contributed by atoms with Gasteiger partial charge in [0, 0.05) is 0 Å². The molecule has 0 aliphatic carbocycles. The van der Waals surface area contributed by atoms with Crippen molar-refractivity contribution in [3.05, 3.63) is 11.9 Å². The maximum atomic E-state index is 12.4. The van der Waals surface area contributed by atoms with Gasteiger partial charge in [0.25, 0.3) is 0 Å². The summed E-state index contributed by atoms with van der Waals surface area (Å²) in [5.74, 6) is -2.49. The predicted octanol–water partition coefficient (Wildman–Crippen LogP) is 3.68. The Morgan fingerprint density at radius 2 is 1.79 bits per heavy atom. The lowest BCUT2D eigenvalue weighted by Crippen LogP contribution is -1.94. The fraction of sp³-hybridized carbons (Fsp3) is 0.727. The van der Waals surface area contributed by atoms with Crippen LogP contribution in [0.4, 0.5) is 4.39 Å². The van der Waals surface area contributed by atoms with Gasteiger partial charge in [-0.1, -0.05) is 39.0 Å². The molecule has 0 aromatic rings. The molecular formula is C11H19FO2. The van der Waals surface area contributed by atoms with E-state index in [-0.39, 0.29) is 0 Å². The Morgan fingerprint density at radius 1 is 1.21 bits per heavy atom. The Bertz CT molecular complexity index is 188. The molecule has 0 unspecified atom stereocenters. The maximum Gasteiger partial charge on any atom is 0.364 e. The lowest BCUT2D eigenvalue weighted by molar-refractivity contribution is -0.134. The minimum Gasteiger partial charge on any atom is -0.476 e. The van der Waals surface area contributed by atoms with E-state index in [9.17, 15) is 9.18 Å². The molecule has 0 saturated heterocycles. The van der Waals surface area contributed by atoms with Crippen molar-refractivity contribution in [3.8, 4) is 0 Å². The molecule has 0 atom stereocenters. The zero-order chi connectivity index (χ0) is 10.8. The highest BCUT2D eigenvalue weighted by atomic mass is 19.1. The van der Waals surface area contributed by atoms with E-state index >= 15 is 0 Å². The van der Waals surface area contributed by atoms with Crippen LogP contribution in [-0.4, -0.2) is 11.1 Å². The highest BCUT2D eigenvalue weighted by Gasteiger charge is 2.02. The van der Waals surface area contributed by atoms with Gasteiger partial charge >= 0.3 is 5.97 Å². The van der Waals surface area contributed by atoms with E-state index in [1.165, 1.54) is 19.3 Å². The highest BCUT2D eigenvalue weighted by Crippen LogP contribution is 2.08. The molecule has 1 N–H and O–H groups in total. The van der Waals surface area contributed by atoms with Crippen LogP contribution >= 0.6 is 0 Å². The topological polar surface area (TPSA) is 37.3 Å². The molecule has 3 heteroatoms. The number of hydrogen-bond acceptors (Lipinski definition) is 1. The lowest BCUT2D eigenvalue weighted by atomic mass is 10.1. The monoisotopic (exact) mass is 202 g/mol. The van der Waals surface area contributed by atoms with Crippen molar-refractivity contribution in [2.45, 2.75) is 51.9 Å². The molecular weight excluding hydrogens is 183 g/mol. The van der Waals surface area contributed by atoms with Gasteiger partial charge < -0.3 is 5.11 Å². The summed E-state index contributed by atoms with van der Waals surface area (Å²) in [6, 6.07) is 0. The minimum absolute atomic E-state index is 0.532. The summed E-state index contributed by atoms with van der Waals surface area (Å²) in [5, 5.41) is 8.21. The smallest absolute Gasteiger partial charge is 0.364 e. The third-order valence-corrected chi connectivity index (χ3v) is 2.09. The van der Waals surface area contributed by atoms with Crippen LogP contribution in [0.3, 0.4) is 0 Å². The summed E-state index contributed by atoms with van der Waals surface area (Å²) >= 11 is 0. The normalized spacial score (nSPS) is 11.7. The summed E-state index contributed by atoms with van der Waals surface area (Å²) < 4.78 is 12.4. The Kier molecular flexibility index (Phi) is 8.19. The van der Waals surface area contributed by atoms with Gasteiger partial charge in [-0.15, -0.1) is 0 Å². The van der Waals surface area contributed by atoms with E-state index < -0.39 is 11.8 Å². The van der Waals surface area contributed by atoms with Crippen LogP contribution in [0.2, 0.25) is 0 Å². The second kappa shape index (κ2) is 8.73. The first-order chi connectivity index (χ1) is 6.68. The highest BCUT2D eigenvalue weighted by molar-refractivity contribution is 5.83. The molecule has 0 aromatic carbocycles. The lowest BCUT2D eigenvalue weighted by Gasteiger charge is -1.97. The predicted molar refractivity (Wildman–Crippen MR) is 54.8 cm³/mol. The Balaban J connectivity index is 3.29. The van der Waals surface area contributed by atoms with Crippen LogP contribution in [0, 0.1) is 0 Å². The molecule has 0 heterocycles. The molecule has 0 saturated carbocycles. The first-order valence-corrected chi connectivity index (χ1v) is 5.27. The molecule has 0 spiro atoms. The molecule has 0 fully saturated rings. The zero-order valence-electron chi connectivity index (χ0n) is 8.76. The van der Waals surface area contributed by atoms with Gasteiger partial charge in [0.1, 0.15) is 0 Å². The van der Waals surface area contributed by atoms with E-state index in [1.54, 1.807) is 0 Å². The van der Waals surface area contributed by atoms with Crippen molar-refractivity contribution < 1.29 is 14.3 Å². The third kappa shape index (κ3) is 7.77. The fourth-order valence-electron chi connectivity index (χ4n) is 1.24. The van der Waals surface area contributed by atoms with Crippen LogP contribution in [0.25, 0.3) is 0 Å². The quantitative estimate of drug-likeness (QED) is 0.481. The zero-order valence-corrected chi connectivity index (χ0v) is 8.76. The third-order valence-electron chi connectivity index (χ3n) is 2.09. The van der Waals surface area contributed by atoms with Crippen molar-refractivity contribution in [2.24, 2.45) is 0 Å². The van der Waals surface area contributed by atoms with E-state index in [4.69, 9.17) is 5.11 Å². The number of halogens is 1. The standard InChI is InChI=1S/C11H19FO2/c1-2-3-4-5-6-7-8-9-10(12)11(13)14/h9H,2-8H2,1H3,(H,13,14)/b10-9-. The number of allylic oxidation sites excluding steroid dienone is 1. The van der Waals surface area contributed by atoms with E-state index in [1.807, 2.05) is 0 Å².